The van der Waals surface area contributed by atoms with Crippen molar-refractivity contribution in [2.75, 3.05) is 13.7 Å². The molecule has 13 heteroatoms. The van der Waals surface area contributed by atoms with E-state index in [-0.39, 0.29) is 5.56 Å². The third-order valence-corrected chi connectivity index (χ3v) is 7.16. The van der Waals surface area contributed by atoms with Gasteiger partial charge in [0.25, 0.3) is 0 Å². The minimum Gasteiger partial charge on any atom is -0.394 e. The van der Waals surface area contributed by atoms with Gasteiger partial charge in [0.2, 0.25) is 0 Å². The highest BCUT2D eigenvalue weighted by molar-refractivity contribution is 7.80. The zero-order chi connectivity index (χ0) is 23.0. The molecule has 0 aliphatic carbocycles. The summed E-state index contributed by atoms with van der Waals surface area (Å²) in [6.45, 7) is -0.511. The molecule has 0 bridgehead atoms. The van der Waals surface area contributed by atoms with E-state index in [4.69, 9.17) is 32.7 Å². The van der Waals surface area contributed by atoms with Gasteiger partial charge in [0.05, 0.1) is 24.4 Å². The van der Waals surface area contributed by atoms with Crippen LogP contribution in [0.3, 0.4) is 0 Å². The summed E-state index contributed by atoms with van der Waals surface area (Å²) in [6.07, 6.45) is -1.87. The van der Waals surface area contributed by atoms with E-state index < -0.39 is 35.9 Å². The van der Waals surface area contributed by atoms with Gasteiger partial charge in [-0.2, -0.15) is 5.26 Å². The highest BCUT2D eigenvalue weighted by Crippen LogP contribution is 2.45. The number of nitrogens with zero attached hydrogens (tertiary/aromatic N) is 5. The van der Waals surface area contributed by atoms with E-state index in [1.54, 1.807) is 23.7 Å². The van der Waals surface area contributed by atoms with E-state index in [2.05, 4.69) is 34.0 Å². The molecule has 168 valence electrons. The molecule has 1 saturated heterocycles. The smallest absolute Gasteiger partial charge is 0.148 e. The van der Waals surface area contributed by atoms with Crippen LogP contribution < -0.4 is 0 Å². The van der Waals surface area contributed by atoms with Crippen molar-refractivity contribution in [2.45, 2.75) is 29.3 Å². The van der Waals surface area contributed by atoms with Gasteiger partial charge in [0, 0.05) is 23.1 Å². The van der Waals surface area contributed by atoms with Crippen LogP contribution in [-0.4, -0.2) is 67.7 Å². The van der Waals surface area contributed by atoms with Crippen LogP contribution in [0.1, 0.15) is 11.1 Å². The van der Waals surface area contributed by atoms with E-state index in [0.717, 1.165) is 0 Å². The molecule has 1 fully saturated rings. The lowest BCUT2D eigenvalue weighted by molar-refractivity contribution is -0.213. The van der Waals surface area contributed by atoms with Gasteiger partial charge in [0.1, 0.15) is 45.1 Å². The van der Waals surface area contributed by atoms with Crippen molar-refractivity contribution in [3.05, 3.63) is 51.1 Å². The van der Waals surface area contributed by atoms with Gasteiger partial charge in [0.15, 0.2) is 0 Å². The molecule has 1 aliphatic rings. The van der Waals surface area contributed by atoms with E-state index in [9.17, 15) is 15.5 Å². The summed E-state index contributed by atoms with van der Waals surface area (Å²) in [5.74, 6) is 0. The molecule has 1 unspecified atom stereocenters. The molecule has 3 aromatic rings. The Morgan fingerprint density at radius 1 is 1.44 bits per heavy atom. The first-order valence-corrected chi connectivity index (χ1v) is 11.4. The van der Waals surface area contributed by atoms with Crippen LogP contribution in [0, 0.1) is 11.3 Å². The Morgan fingerprint density at radius 2 is 2.22 bits per heavy atom. The topological polar surface area (TPSA) is 126 Å². The second-order valence-corrected chi connectivity index (χ2v) is 9.19. The van der Waals surface area contributed by atoms with Crippen molar-refractivity contribution >= 4 is 47.2 Å². The number of hydrogen-bond acceptors (Lipinski definition) is 10. The number of aliphatic hydroxyl groups is 2. The van der Waals surface area contributed by atoms with E-state index in [0.29, 0.717) is 26.4 Å². The van der Waals surface area contributed by atoms with Gasteiger partial charge in [-0.05, 0) is 18.2 Å². The van der Waals surface area contributed by atoms with Crippen molar-refractivity contribution in [3.8, 4) is 16.8 Å². The normalized spacial score (nSPS) is 27.9. The summed E-state index contributed by atoms with van der Waals surface area (Å²) < 4.78 is 12.8. The quantitative estimate of drug-likeness (QED) is 0.443. The Bertz CT molecular complexity index is 1170. The standard InChI is InChI=1S/C19H17Cl2N5O4S2/c1-29-16-18(31)30-13(7-27)15(28)19(16,11-4-10(20)3-2-9(11)5-22)26-6-12(24-25-26)17-23-14(21)8-32-17/h2-4,6,8,13,15-16,18,27-28,31H,7H2,1H3/t13-,15+,16+,18-,19?/m1/s1. The first-order chi connectivity index (χ1) is 15.4. The van der Waals surface area contributed by atoms with E-state index in [1.165, 1.54) is 29.2 Å². The van der Waals surface area contributed by atoms with Crippen molar-refractivity contribution in [3.63, 3.8) is 0 Å². The number of ether oxygens (including phenoxy) is 2. The number of aliphatic hydroxyl groups excluding tert-OH is 2. The van der Waals surface area contributed by atoms with Gasteiger partial charge in [-0.1, -0.05) is 28.4 Å². The number of benzene rings is 1. The molecule has 3 heterocycles. The highest BCUT2D eigenvalue weighted by atomic mass is 35.5. The maximum atomic E-state index is 11.5. The van der Waals surface area contributed by atoms with Gasteiger partial charge < -0.3 is 19.7 Å². The Hall–Kier alpha value is -1.75. The predicted molar refractivity (Wildman–Crippen MR) is 121 cm³/mol. The molecule has 0 radical (unpaired) electrons. The summed E-state index contributed by atoms with van der Waals surface area (Å²) in [4.78, 5) is 4.21. The Labute approximate surface area is 202 Å². The first-order valence-electron chi connectivity index (χ1n) is 9.26. The summed E-state index contributed by atoms with van der Waals surface area (Å²) >= 11 is 18.0. The van der Waals surface area contributed by atoms with Crippen LogP contribution in [0.25, 0.3) is 10.7 Å². The minimum atomic E-state index is -1.57. The van der Waals surface area contributed by atoms with Gasteiger partial charge in [-0.15, -0.1) is 29.1 Å². The summed E-state index contributed by atoms with van der Waals surface area (Å²) in [7, 11) is 1.42. The van der Waals surface area contributed by atoms with Crippen LogP contribution in [0.5, 0.6) is 0 Å². The van der Waals surface area contributed by atoms with Crippen molar-refractivity contribution in [1.29, 1.82) is 5.26 Å². The maximum absolute atomic E-state index is 11.5. The molecule has 0 amide bonds. The molecule has 1 aromatic carbocycles. The molecule has 1 aliphatic heterocycles. The average molecular weight is 514 g/mol. The second-order valence-electron chi connectivity index (χ2n) is 7.00. The van der Waals surface area contributed by atoms with Crippen LogP contribution in [0.2, 0.25) is 10.2 Å². The van der Waals surface area contributed by atoms with Gasteiger partial charge >= 0.3 is 0 Å². The predicted octanol–water partition coefficient (Wildman–Crippen LogP) is 2.35. The average Bonchev–Trinajstić information content (AvgIpc) is 3.44. The fraction of sp³-hybridized carbons (Fsp3) is 0.368. The maximum Gasteiger partial charge on any atom is 0.148 e. The zero-order valence-electron chi connectivity index (χ0n) is 16.5. The number of rotatable bonds is 5. The number of aromatic nitrogens is 4. The molecular weight excluding hydrogens is 497 g/mol. The molecule has 9 nitrogen and oxygen atoms in total. The van der Waals surface area contributed by atoms with Crippen LogP contribution in [0.15, 0.2) is 29.8 Å². The number of thiol groups is 1. The molecule has 2 aromatic heterocycles. The molecular formula is C19H17Cl2N5O4S2. The molecule has 4 rings (SSSR count). The number of thiazole rings is 1. The van der Waals surface area contributed by atoms with Crippen LogP contribution >= 0.6 is 47.2 Å². The van der Waals surface area contributed by atoms with Crippen molar-refractivity contribution < 1.29 is 19.7 Å². The summed E-state index contributed by atoms with van der Waals surface area (Å²) in [6, 6.07) is 6.78. The van der Waals surface area contributed by atoms with Gasteiger partial charge in [-0.25, -0.2) is 9.67 Å². The largest absolute Gasteiger partial charge is 0.394 e. The van der Waals surface area contributed by atoms with Crippen LogP contribution in [-0.2, 0) is 15.0 Å². The number of methoxy groups -OCH3 is 1. The molecule has 32 heavy (non-hydrogen) atoms. The van der Waals surface area contributed by atoms with Crippen LogP contribution in [0.4, 0.5) is 0 Å². The SMILES string of the molecule is CO[C@H]1[C@@H](S)O[C@H](CO)[C@H](O)C1(c1cc(Cl)ccc1C#N)n1cc(-c2nc(Cl)cs2)nn1. The number of nitriles is 1. The first kappa shape index (κ1) is 23.4. The zero-order valence-corrected chi connectivity index (χ0v) is 19.7. The Balaban J connectivity index is 2.03. The molecule has 0 spiro atoms. The monoisotopic (exact) mass is 513 g/mol. The third-order valence-electron chi connectivity index (χ3n) is 5.35. The fourth-order valence-electron chi connectivity index (χ4n) is 3.99. The van der Waals surface area contributed by atoms with Crippen molar-refractivity contribution in [1.82, 2.24) is 20.0 Å². The lowest BCUT2D eigenvalue weighted by Crippen LogP contribution is -2.68. The lowest BCUT2D eigenvalue weighted by Gasteiger charge is -2.51. The Kier molecular flexibility index (Phi) is 6.76. The molecule has 5 atom stereocenters. The summed E-state index contributed by atoms with van der Waals surface area (Å²) in [5, 5.41) is 42.5. The van der Waals surface area contributed by atoms with E-state index in [1.807, 2.05) is 0 Å². The fourth-order valence-corrected chi connectivity index (χ4v) is 5.57. The highest BCUT2D eigenvalue weighted by Gasteiger charge is 2.60. The number of halogens is 2. The van der Waals surface area contributed by atoms with Crippen molar-refractivity contribution in [2.24, 2.45) is 0 Å². The second kappa shape index (κ2) is 9.24. The van der Waals surface area contributed by atoms with E-state index >= 15 is 0 Å². The number of hydrogen-bond donors (Lipinski definition) is 3. The third kappa shape index (κ3) is 3.70. The molecule has 0 saturated carbocycles. The Morgan fingerprint density at radius 3 is 2.84 bits per heavy atom. The lowest BCUT2D eigenvalue weighted by atomic mass is 9.74. The van der Waals surface area contributed by atoms with Gasteiger partial charge in [-0.3, -0.25) is 0 Å². The molecule has 2 N–H and O–H groups in total. The summed E-state index contributed by atoms with van der Waals surface area (Å²) in [5.41, 5.74) is -1.53. The minimum absolute atomic E-state index is 0.226.